The Balaban J connectivity index is 2.38. The third-order valence-corrected chi connectivity index (χ3v) is 3.32. The molecule has 0 saturated carbocycles. The third-order valence-electron chi connectivity index (χ3n) is 3.00. The Labute approximate surface area is 144 Å². The summed E-state index contributed by atoms with van der Waals surface area (Å²) in [5.74, 6) is -1.72. The van der Waals surface area contributed by atoms with Gasteiger partial charge in [-0.05, 0) is 25.0 Å². The Kier molecular flexibility index (Phi) is 8.74. The van der Waals surface area contributed by atoms with Crippen LogP contribution in [0, 0.1) is 10.1 Å². The van der Waals surface area contributed by atoms with Crippen molar-refractivity contribution in [2.75, 3.05) is 25.1 Å². The van der Waals surface area contributed by atoms with E-state index in [2.05, 4.69) is 17.6 Å². The molecule has 9 heteroatoms. The molecule has 1 aromatic rings. The van der Waals surface area contributed by atoms with Crippen molar-refractivity contribution in [2.45, 2.75) is 26.2 Å². The van der Waals surface area contributed by atoms with Gasteiger partial charge in [0.05, 0.1) is 4.92 Å². The summed E-state index contributed by atoms with van der Waals surface area (Å²) in [5, 5.41) is 15.5. The highest BCUT2D eigenvalue weighted by atomic mass is 35.5. The molecule has 24 heavy (non-hydrogen) atoms. The fourth-order valence-electron chi connectivity index (χ4n) is 1.72. The summed E-state index contributed by atoms with van der Waals surface area (Å²) in [6.45, 7) is 3.56. The van der Waals surface area contributed by atoms with Crippen LogP contribution in [-0.4, -0.2) is 36.5 Å². The van der Waals surface area contributed by atoms with Gasteiger partial charge in [-0.25, -0.2) is 0 Å². The summed E-state index contributed by atoms with van der Waals surface area (Å²) in [7, 11) is 0. The molecular formula is C15H20ClN3O5. The lowest BCUT2D eigenvalue weighted by atomic mass is 10.2. The number of unbranched alkanes of at least 4 members (excludes halogenated alkanes) is 1. The number of nitro benzene ring substituents is 1. The van der Waals surface area contributed by atoms with Gasteiger partial charge >= 0.3 is 11.8 Å². The number of anilines is 1. The summed E-state index contributed by atoms with van der Waals surface area (Å²) >= 11 is 5.67. The van der Waals surface area contributed by atoms with Crippen LogP contribution in [0.3, 0.4) is 0 Å². The van der Waals surface area contributed by atoms with E-state index in [0.717, 1.165) is 18.9 Å². The van der Waals surface area contributed by atoms with E-state index in [9.17, 15) is 19.7 Å². The first-order valence-electron chi connectivity index (χ1n) is 7.56. The molecule has 0 aliphatic carbocycles. The molecular weight excluding hydrogens is 338 g/mol. The number of rotatable bonds is 9. The van der Waals surface area contributed by atoms with Gasteiger partial charge in [-0.3, -0.25) is 19.7 Å². The van der Waals surface area contributed by atoms with Crippen molar-refractivity contribution >= 4 is 34.8 Å². The molecule has 132 valence electrons. The van der Waals surface area contributed by atoms with Gasteiger partial charge in [0.1, 0.15) is 5.02 Å². The number of nitrogens with one attached hydrogen (secondary N) is 2. The lowest BCUT2D eigenvalue weighted by Crippen LogP contribution is -2.36. The maximum absolute atomic E-state index is 11.7. The standard InChI is InChI=1S/C15H20ClN3O5/c1-2-3-8-24-9-4-7-17-14(20)15(21)18-11-5-6-12(16)13(10-11)19(22)23/h5-6,10H,2-4,7-9H2,1H3,(H,17,20)(H,18,21). The number of hydrogen-bond acceptors (Lipinski definition) is 5. The quantitative estimate of drug-likeness (QED) is 0.305. The molecule has 0 unspecified atom stereocenters. The van der Waals surface area contributed by atoms with Gasteiger partial charge in [-0.2, -0.15) is 0 Å². The van der Waals surface area contributed by atoms with E-state index in [1.807, 2.05) is 0 Å². The molecule has 0 aliphatic heterocycles. The fourth-order valence-corrected chi connectivity index (χ4v) is 1.91. The number of carbonyl (C=O) groups is 2. The summed E-state index contributed by atoms with van der Waals surface area (Å²) in [4.78, 5) is 33.5. The fraction of sp³-hybridized carbons (Fsp3) is 0.467. The maximum atomic E-state index is 11.7. The number of ether oxygens (including phenoxy) is 1. The summed E-state index contributed by atoms with van der Waals surface area (Å²) in [6.07, 6.45) is 2.64. The monoisotopic (exact) mass is 357 g/mol. The average Bonchev–Trinajstić information content (AvgIpc) is 2.55. The number of nitro groups is 1. The van der Waals surface area contributed by atoms with Crippen molar-refractivity contribution in [1.29, 1.82) is 0 Å². The highest BCUT2D eigenvalue weighted by molar-refractivity contribution is 6.39. The second kappa shape index (κ2) is 10.6. The van der Waals surface area contributed by atoms with Gasteiger partial charge in [-0.1, -0.05) is 24.9 Å². The molecule has 2 amide bonds. The molecule has 8 nitrogen and oxygen atoms in total. The van der Waals surface area contributed by atoms with E-state index in [1.54, 1.807) is 0 Å². The zero-order valence-electron chi connectivity index (χ0n) is 13.3. The van der Waals surface area contributed by atoms with E-state index in [-0.39, 0.29) is 16.4 Å². The van der Waals surface area contributed by atoms with E-state index in [4.69, 9.17) is 16.3 Å². The van der Waals surface area contributed by atoms with Crippen LogP contribution in [0.15, 0.2) is 18.2 Å². The van der Waals surface area contributed by atoms with Crippen molar-refractivity contribution in [3.05, 3.63) is 33.3 Å². The van der Waals surface area contributed by atoms with Crippen LogP contribution < -0.4 is 10.6 Å². The van der Waals surface area contributed by atoms with Crippen molar-refractivity contribution in [3.63, 3.8) is 0 Å². The molecule has 0 aromatic heterocycles. The van der Waals surface area contributed by atoms with E-state index >= 15 is 0 Å². The van der Waals surface area contributed by atoms with Gasteiger partial charge < -0.3 is 15.4 Å². The van der Waals surface area contributed by atoms with Crippen LogP contribution in [0.25, 0.3) is 0 Å². The number of nitrogens with zero attached hydrogens (tertiary/aromatic N) is 1. The Morgan fingerprint density at radius 1 is 1.25 bits per heavy atom. The van der Waals surface area contributed by atoms with Gasteiger partial charge in [0, 0.05) is 31.5 Å². The summed E-state index contributed by atoms with van der Waals surface area (Å²) in [5.41, 5.74) is -0.228. The molecule has 0 heterocycles. The highest BCUT2D eigenvalue weighted by Crippen LogP contribution is 2.27. The first-order valence-corrected chi connectivity index (χ1v) is 7.94. The van der Waals surface area contributed by atoms with Crippen LogP contribution in [0.2, 0.25) is 5.02 Å². The Hall–Kier alpha value is -2.19. The number of carbonyl (C=O) groups excluding carboxylic acids is 2. The van der Waals surface area contributed by atoms with Gasteiger partial charge in [0.2, 0.25) is 0 Å². The normalized spacial score (nSPS) is 10.2. The number of hydrogen-bond donors (Lipinski definition) is 2. The zero-order chi connectivity index (χ0) is 17.9. The van der Waals surface area contributed by atoms with Crippen molar-refractivity contribution in [3.8, 4) is 0 Å². The Morgan fingerprint density at radius 2 is 1.96 bits per heavy atom. The predicted octanol–water partition coefficient (Wildman–Crippen LogP) is 2.51. The van der Waals surface area contributed by atoms with Crippen LogP contribution in [0.4, 0.5) is 11.4 Å². The van der Waals surface area contributed by atoms with Crippen LogP contribution in [-0.2, 0) is 14.3 Å². The molecule has 0 atom stereocenters. The van der Waals surface area contributed by atoms with Gasteiger partial charge in [0.15, 0.2) is 0 Å². The lowest BCUT2D eigenvalue weighted by Gasteiger charge is -2.07. The van der Waals surface area contributed by atoms with Crippen LogP contribution in [0.1, 0.15) is 26.2 Å². The van der Waals surface area contributed by atoms with Gasteiger partial charge in [0.25, 0.3) is 5.69 Å². The first kappa shape index (κ1) is 19.9. The zero-order valence-corrected chi connectivity index (χ0v) is 14.1. The summed E-state index contributed by atoms with van der Waals surface area (Å²) < 4.78 is 5.33. The highest BCUT2D eigenvalue weighted by Gasteiger charge is 2.17. The molecule has 2 N–H and O–H groups in total. The van der Waals surface area contributed by atoms with E-state index < -0.39 is 16.7 Å². The first-order chi connectivity index (χ1) is 11.5. The minimum Gasteiger partial charge on any atom is -0.381 e. The summed E-state index contributed by atoms with van der Waals surface area (Å²) in [6, 6.07) is 3.75. The SMILES string of the molecule is CCCCOCCCNC(=O)C(=O)Nc1ccc(Cl)c([N+](=O)[O-])c1. The maximum Gasteiger partial charge on any atom is 0.313 e. The Morgan fingerprint density at radius 3 is 2.62 bits per heavy atom. The topological polar surface area (TPSA) is 111 Å². The van der Waals surface area contributed by atoms with Gasteiger partial charge in [-0.15, -0.1) is 0 Å². The van der Waals surface area contributed by atoms with Crippen LogP contribution >= 0.6 is 11.6 Å². The third kappa shape index (κ3) is 6.93. The molecule has 0 bridgehead atoms. The minimum absolute atomic E-state index is 0.0504. The molecule has 1 aromatic carbocycles. The number of halogens is 1. The second-order valence-corrected chi connectivity index (χ2v) is 5.36. The average molecular weight is 358 g/mol. The smallest absolute Gasteiger partial charge is 0.313 e. The minimum atomic E-state index is -0.904. The molecule has 0 fully saturated rings. The number of benzene rings is 1. The Bertz CT molecular complexity index is 594. The van der Waals surface area contributed by atoms with E-state index in [1.165, 1.54) is 12.1 Å². The molecule has 0 aliphatic rings. The van der Waals surface area contributed by atoms with Crippen LogP contribution in [0.5, 0.6) is 0 Å². The second-order valence-electron chi connectivity index (χ2n) is 4.95. The van der Waals surface area contributed by atoms with Crippen molar-refractivity contribution in [1.82, 2.24) is 5.32 Å². The molecule has 1 rings (SSSR count). The van der Waals surface area contributed by atoms with E-state index in [0.29, 0.717) is 26.2 Å². The molecule has 0 radical (unpaired) electrons. The molecule has 0 saturated heterocycles. The predicted molar refractivity (Wildman–Crippen MR) is 90.1 cm³/mol. The van der Waals surface area contributed by atoms with Crippen molar-refractivity contribution < 1.29 is 19.2 Å². The number of amides is 2. The molecule has 0 spiro atoms. The lowest BCUT2D eigenvalue weighted by molar-refractivity contribution is -0.384. The van der Waals surface area contributed by atoms with Crippen molar-refractivity contribution in [2.24, 2.45) is 0 Å². The largest absolute Gasteiger partial charge is 0.381 e.